The van der Waals surface area contributed by atoms with Crippen LogP contribution in [-0.2, 0) is 0 Å². The minimum atomic E-state index is 0.431. The van der Waals surface area contributed by atoms with E-state index >= 15 is 0 Å². The molecule has 0 bridgehead atoms. The van der Waals surface area contributed by atoms with Crippen LogP contribution in [0.15, 0.2) is 0 Å². The highest BCUT2D eigenvalue weighted by Crippen LogP contribution is 2.18. The summed E-state index contributed by atoms with van der Waals surface area (Å²) in [4.78, 5) is 5.05. The van der Waals surface area contributed by atoms with E-state index in [0.29, 0.717) is 6.04 Å². The molecule has 0 spiro atoms. The molecule has 88 valence electrons. The van der Waals surface area contributed by atoms with E-state index in [4.69, 9.17) is 5.73 Å². The van der Waals surface area contributed by atoms with Crippen LogP contribution in [0.4, 0.5) is 0 Å². The second-order valence-electron chi connectivity index (χ2n) is 5.43. The molecule has 0 amide bonds. The molecule has 2 fully saturated rings. The van der Waals surface area contributed by atoms with Crippen LogP contribution in [0.3, 0.4) is 0 Å². The molecule has 2 aliphatic rings. The zero-order valence-corrected chi connectivity index (χ0v) is 9.99. The number of piperidine rings is 2. The van der Waals surface area contributed by atoms with Gasteiger partial charge >= 0.3 is 0 Å². The summed E-state index contributed by atoms with van der Waals surface area (Å²) in [6.07, 6.45) is 5.31. The molecule has 3 heteroatoms. The van der Waals surface area contributed by atoms with Gasteiger partial charge in [-0.25, -0.2) is 0 Å². The quantitative estimate of drug-likeness (QED) is 0.731. The highest BCUT2D eigenvalue weighted by Gasteiger charge is 2.22. The first-order valence-electron chi connectivity index (χ1n) is 6.40. The number of hydrogen-bond acceptors (Lipinski definition) is 3. The Labute approximate surface area is 93.6 Å². The lowest BCUT2D eigenvalue weighted by atomic mass is 9.96. The van der Waals surface area contributed by atoms with Crippen molar-refractivity contribution in [2.45, 2.75) is 31.7 Å². The van der Waals surface area contributed by atoms with Gasteiger partial charge in [-0.05, 0) is 51.7 Å². The number of rotatable bonds is 2. The van der Waals surface area contributed by atoms with Crippen molar-refractivity contribution >= 4 is 0 Å². The zero-order valence-electron chi connectivity index (χ0n) is 9.99. The molecule has 2 heterocycles. The number of likely N-dealkylation sites (tertiary alicyclic amines) is 2. The Balaban J connectivity index is 1.75. The Morgan fingerprint density at radius 3 is 2.67 bits per heavy atom. The minimum absolute atomic E-state index is 0.431. The van der Waals surface area contributed by atoms with Crippen LogP contribution in [0.2, 0.25) is 0 Å². The highest BCUT2D eigenvalue weighted by molar-refractivity contribution is 4.79. The van der Waals surface area contributed by atoms with Crippen molar-refractivity contribution in [1.29, 1.82) is 0 Å². The molecule has 2 atom stereocenters. The van der Waals surface area contributed by atoms with Crippen molar-refractivity contribution in [3.63, 3.8) is 0 Å². The average molecular weight is 211 g/mol. The van der Waals surface area contributed by atoms with E-state index in [1.54, 1.807) is 0 Å². The summed E-state index contributed by atoms with van der Waals surface area (Å²) in [5.41, 5.74) is 6.01. The fraction of sp³-hybridized carbons (Fsp3) is 1.00. The van der Waals surface area contributed by atoms with Crippen molar-refractivity contribution in [2.24, 2.45) is 11.7 Å². The van der Waals surface area contributed by atoms with Crippen molar-refractivity contribution in [1.82, 2.24) is 9.80 Å². The van der Waals surface area contributed by atoms with Crippen LogP contribution in [0.1, 0.15) is 25.7 Å². The summed E-state index contributed by atoms with van der Waals surface area (Å²) in [7, 11) is 2.24. The second kappa shape index (κ2) is 5.28. The number of nitrogens with zero attached hydrogens (tertiary/aromatic N) is 2. The molecule has 2 unspecified atom stereocenters. The largest absolute Gasteiger partial charge is 0.327 e. The molecule has 2 saturated heterocycles. The van der Waals surface area contributed by atoms with E-state index in [0.717, 1.165) is 12.5 Å². The third kappa shape index (κ3) is 3.44. The summed E-state index contributed by atoms with van der Waals surface area (Å²) >= 11 is 0. The Bertz CT molecular complexity index is 175. The van der Waals surface area contributed by atoms with Gasteiger partial charge in [0.2, 0.25) is 0 Å². The summed E-state index contributed by atoms with van der Waals surface area (Å²) in [6, 6.07) is 0.431. The maximum Gasteiger partial charge on any atom is 0.0168 e. The number of nitrogens with two attached hydrogens (primary N) is 1. The summed E-state index contributed by atoms with van der Waals surface area (Å²) < 4.78 is 0. The fourth-order valence-electron chi connectivity index (χ4n) is 3.04. The minimum Gasteiger partial charge on any atom is -0.327 e. The molecule has 3 nitrogen and oxygen atoms in total. The summed E-state index contributed by atoms with van der Waals surface area (Å²) in [5, 5.41) is 0. The smallest absolute Gasteiger partial charge is 0.0168 e. The van der Waals surface area contributed by atoms with Crippen LogP contribution in [0.25, 0.3) is 0 Å². The third-order valence-electron chi connectivity index (χ3n) is 3.78. The third-order valence-corrected chi connectivity index (χ3v) is 3.78. The highest BCUT2D eigenvalue weighted by atomic mass is 15.2. The van der Waals surface area contributed by atoms with Gasteiger partial charge in [-0.15, -0.1) is 0 Å². The lowest BCUT2D eigenvalue weighted by molar-refractivity contribution is 0.130. The molecular formula is C12H25N3. The maximum absolute atomic E-state index is 6.01. The van der Waals surface area contributed by atoms with Crippen LogP contribution < -0.4 is 5.73 Å². The first-order valence-corrected chi connectivity index (χ1v) is 6.40. The van der Waals surface area contributed by atoms with Crippen LogP contribution in [-0.4, -0.2) is 55.6 Å². The van der Waals surface area contributed by atoms with Crippen molar-refractivity contribution in [3.8, 4) is 0 Å². The molecule has 0 aliphatic carbocycles. The Morgan fingerprint density at radius 2 is 1.93 bits per heavy atom. The van der Waals surface area contributed by atoms with Gasteiger partial charge in [-0.3, -0.25) is 0 Å². The molecule has 0 saturated carbocycles. The van der Waals surface area contributed by atoms with Gasteiger partial charge in [0.15, 0.2) is 0 Å². The maximum atomic E-state index is 6.01. The van der Waals surface area contributed by atoms with E-state index in [2.05, 4.69) is 16.8 Å². The van der Waals surface area contributed by atoms with Crippen LogP contribution in [0.5, 0.6) is 0 Å². The predicted molar refractivity (Wildman–Crippen MR) is 63.9 cm³/mol. The van der Waals surface area contributed by atoms with E-state index in [-0.39, 0.29) is 0 Å². The standard InChI is InChI=1S/C12H25N3/c1-14-6-2-4-11(8-14)9-15-7-3-5-12(13)10-15/h11-12H,2-10,13H2,1H3. The number of hydrogen-bond donors (Lipinski definition) is 1. The topological polar surface area (TPSA) is 32.5 Å². The van der Waals surface area contributed by atoms with Gasteiger partial charge in [-0.2, -0.15) is 0 Å². The molecular weight excluding hydrogens is 186 g/mol. The van der Waals surface area contributed by atoms with Crippen LogP contribution in [0, 0.1) is 5.92 Å². The lowest BCUT2D eigenvalue weighted by Crippen LogP contribution is -2.46. The van der Waals surface area contributed by atoms with Gasteiger partial charge < -0.3 is 15.5 Å². The summed E-state index contributed by atoms with van der Waals surface area (Å²) in [5.74, 6) is 0.883. The van der Waals surface area contributed by atoms with Gasteiger partial charge in [0.25, 0.3) is 0 Å². The zero-order chi connectivity index (χ0) is 10.7. The monoisotopic (exact) mass is 211 g/mol. The lowest BCUT2D eigenvalue weighted by Gasteiger charge is -2.36. The molecule has 0 radical (unpaired) electrons. The van der Waals surface area contributed by atoms with E-state index < -0.39 is 0 Å². The van der Waals surface area contributed by atoms with Crippen LogP contribution >= 0.6 is 0 Å². The normalized spacial score (nSPS) is 35.6. The van der Waals surface area contributed by atoms with E-state index in [1.807, 2.05) is 0 Å². The Morgan fingerprint density at radius 1 is 1.13 bits per heavy atom. The first kappa shape index (κ1) is 11.4. The molecule has 0 aromatic rings. The van der Waals surface area contributed by atoms with Gasteiger partial charge in [0, 0.05) is 25.7 Å². The van der Waals surface area contributed by atoms with Gasteiger partial charge in [0.1, 0.15) is 0 Å². The molecule has 2 aliphatic heterocycles. The molecule has 2 rings (SSSR count). The Hall–Kier alpha value is -0.120. The first-order chi connectivity index (χ1) is 7.24. The molecule has 0 aromatic heterocycles. The van der Waals surface area contributed by atoms with E-state index in [9.17, 15) is 0 Å². The van der Waals surface area contributed by atoms with Crippen molar-refractivity contribution in [3.05, 3.63) is 0 Å². The SMILES string of the molecule is CN1CCCC(CN2CCCC(N)C2)C1. The Kier molecular flexibility index (Phi) is 4.00. The second-order valence-corrected chi connectivity index (χ2v) is 5.43. The molecule has 0 aromatic carbocycles. The van der Waals surface area contributed by atoms with E-state index in [1.165, 1.54) is 51.9 Å². The average Bonchev–Trinajstić information content (AvgIpc) is 2.17. The van der Waals surface area contributed by atoms with Crippen molar-refractivity contribution in [2.75, 3.05) is 39.8 Å². The fourth-order valence-corrected chi connectivity index (χ4v) is 3.04. The van der Waals surface area contributed by atoms with Gasteiger partial charge in [-0.1, -0.05) is 0 Å². The predicted octanol–water partition coefficient (Wildman–Crippen LogP) is 0.751. The summed E-state index contributed by atoms with van der Waals surface area (Å²) in [6.45, 7) is 6.24. The van der Waals surface area contributed by atoms with Crippen molar-refractivity contribution < 1.29 is 0 Å². The molecule has 15 heavy (non-hydrogen) atoms. The molecule has 2 N–H and O–H groups in total. The van der Waals surface area contributed by atoms with Gasteiger partial charge in [0.05, 0.1) is 0 Å².